The zero-order chi connectivity index (χ0) is 19.0. The monoisotopic (exact) mass is 416 g/mol. The third-order valence-corrected chi connectivity index (χ3v) is 4.60. The average Bonchev–Trinajstić information content (AvgIpc) is 3.06. The van der Waals surface area contributed by atoms with Gasteiger partial charge in [0.1, 0.15) is 5.52 Å². The molecule has 1 amide bonds. The predicted molar refractivity (Wildman–Crippen MR) is 109 cm³/mol. The molecule has 0 unspecified atom stereocenters. The van der Waals surface area contributed by atoms with Gasteiger partial charge < -0.3 is 9.73 Å². The first-order chi connectivity index (χ1) is 13.0. The van der Waals surface area contributed by atoms with Crippen LogP contribution in [0.1, 0.15) is 10.4 Å². The van der Waals surface area contributed by atoms with E-state index in [4.69, 9.17) is 39.2 Å². The maximum absolute atomic E-state index is 12.4. The number of oxazole rings is 1. The van der Waals surface area contributed by atoms with E-state index in [-0.39, 0.29) is 5.91 Å². The van der Waals surface area contributed by atoms with Crippen molar-refractivity contribution in [3.8, 4) is 11.5 Å². The van der Waals surface area contributed by atoms with Gasteiger partial charge in [-0.15, -0.1) is 0 Å². The summed E-state index contributed by atoms with van der Waals surface area (Å²) in [4.78, 5) is 16.8. The van der Waals surface area contributed by atoms with Crippen molar-refractivity contribution < 1.29 is 9.21 Å². The highest BCUT2D eigenvalue weighted by Gasteiger charge is 2.13. The minimum atomic E-state index is -0.262. The van der Waals surface area contributed by atoms with E-state index in [2.05, 4.69) is 10.3 Å². The Hall–Kier alpha value is -2.53. The number of aromatic nitrogens is 1. The Morgan fingerprint density at radius 1 is 0.926 bits per heavy atom. The lowest BCUT2D eigenvalue weighted by Crippen LogP contribution is -2.11. The van der Waals surface area contributed by atoms with E-state index >= 15 is 0 Å². The van der Waals surface area contributed by atoms with Gasteiger partial charge in [-0.2, -0.15) is 0 Å². The smallest absolute Gasteiger partial charge is 0.255 e. The van der Waals surface area contributed by atoms with Crippen molar-refractivity contribution in [1.82, 2.24) is 4.98 Å². The summed E-state index contributed by atoms with van der Waals surface area (Å²) < 4.78 is 5.77. The lowest BCUT2D eigenvalue weighted by molar-refractivity contribution is 0.102. The van der Waals surface area contributed by atoms with E-state index in [0.29, 0.717) is 48.9 Å². The Labute approximate surface area is 169 Å². The second-order valence-corrected chi connectivity index (χ2v) is 7.08. The van der Waals surface area contributed by atoms with E-state index in [9.17, 15) is 4.79 Å². The van der Waals surface area contributed by atoms with Crippen LogP contribution < -0.4 is 5.32 Å². The SMILES string of the molecule is O=C(Nc1cccc(-c2nc3cc(Cl)cc(Cl)c3o2)c1)c1cccc(Cl)c1. The molecule has 4 aromatic rings. The molecular formula is C20H11Cl3N2O2. The molecule has 3 aromatic carbocycles. The van der Waals surface area contributed by atoms with Gasteiger partial charge in [-0.3, -0.25) is 4.79 Å². The second-order valence-electron chi connectivity index (χ2n) is 5.80. The fourth-order valence-corrected chi connectivity index (χ4v) is 3.36. The number of nitrogens with one attached hydrogen (secondary N) is 1. The minimum Gasteiger partial charge on any atom is -0.435 e. The summed E-state index contributed by atoms with van der Waals surface area (Å²) in [6.45, 7) is 0. The van der Waals surface area contributed by atoms with Gasteiger partial charge in [-0.1, -0.05) is 46.9 Å². The Bertz CT molecular complexity index is 1170. The van der Waals surface area contributed by atoms with Crippen molar-refractivity contribution >= 4 is 57.5 Å². The van der Waals surface area contributed by atoms with E-state index in [0.717, 1.165) is 0 Å². The quantitative estimate of drug-likeness (QED) is 0.403. The number of carbonyl (C=O) groups excluding carboxylic acids is 1. The first-order valence-electron chi connectivity index (χ1n) is 7.92. The van der Waals surface area contributed by atoms with Crippen molar-refractivity contribution in [2.75, 3.05) is 5.32 Å². The molecule has 0 aliphatic carbocycles. The molecule has 0 radical (unpaired) electrons. The summed E-state index contributed by atoms with van der Waals surface area (Å²) in [5, 5.41) is 4.21. The molecule has 0 aliphatic heterocycles. The molecule has 0 saturated heterocycles. The van der Waals surface area contributed by atoms with Crippen LogP contribution in [0.5, 0.6) is 0 Å². The maximum Gasteiger partial charge on any atom is 0.255 e. The molecule has 0 saturated carbocycles. The standard InChI is InChI=1S/C20H11Cl3N2O2/c21-13-5-1-3-11(7-13)19(26)24-15-6-2-4-12(8-15)20-25-17-10-14(22)9-16(23)18(17)27-20/h1-10H,(H,24,26). The summed E-state index contributed by atoms with van der Waals surface area (Å²) >= 11 is 18.1. The van der Waals surface area contributed by atoms with Crippen molar-refractivity contribution in [3.05, 3.63) is 81.3 Å². The average molecular weight is 418 g/mol. The molecule has 0 atom stereocenters. The summed E-state index contributed by atoms with van der Waals surface area (Å²) in [6.07, 6.45) is 0. The van der Waals surface area contributed by atoms with Crippen LogP contribution in [0.25, 0.3) is 22.6 Å². The van der Waals surface area contributed by atoms with Gasteiger partial charge in [-0.25, -0.2) is 4.98 Å². The van der Waals surface area contributed by atoms with Gasteiger partial charge in [0.15, 0.2) is 5.58 Å². The Kier molecular flexibility index (Phi) is 4.79. The molecule has 0 spiro atoms. The molecule has 0 aliphatic rings. The molecule has 134 valence electrons. The Morgan fingerprint density at radius 3 is 2.56 bits per heavy atom. The number of anilines is 1. The maximum atomic E-state index is 12.4. The van der Waals surface area contributed by atoms with Crippen LogP contribution in [0.15, 0.2) is 65.1 Å². The number of nitrogens with zero attached hydrogens (tertiary/aromatic N) is 1. The normalized spacial score (nSPS) is 10.9. The van der Waals surface area contributed by atoms with Gasteiger partial charge >= 0.3 is 0 Å². The number of carbonyl (C=O) groups is 1. The van der Waals surface area contributed by atoms with E-state index < -0.39 is 0 Å². The molecular weight excluding hydrogens is 407 g/mol. The van der Waals surface area contributed by atoms with Gasteiger partial charge in [0.2, 0.25) is 5.89 Å². The molecule has 1 heterocycles. The third kappa shape index (κ3) is 3.78. The first kappa shape index (κ1) is 17.9. The molecule has 4 rings (SSSR count). The fraction of sp³-hybridized carbons (Fsp3) is 0. The summed E-state index contributed by atoms with van der Waals surface area (Å²) in [5.74, 6) is 0.120. The number of hydrogen-bond donors (Lipinski definition) is 1. The van der Waals surface area contributed by atoms with E-state index in [1.54, 1.807) is 54.6 Å². The van der Waals surface area contributed by atoms with Crippen LogP contribution >= 0.6 is 34.8 Å². The van der Waals surface area contributed by atoms with E-state index in [1.807, 2.05) is 6.07 Å². The molecule has 7 heteroatoms. The molecule has 1 aromatic heterocycles. The van der Waals surface area contributed by atoms with Gasteiger partial charge in [0.25, 0.3) is 5.91 Å². The summed E-state index contributed by atoms with van der Waals surface area (Å²) in [6, 6.07) is 17.2. The third-order valence-electron chi connectivity index (χ3n) is 3.86. The van der Waals surface area contributed by atoms with Crippen molar-refractivity contribution in [2.45, 2.75) is 0 Å². The number of amides is 1. The minimum absolute atomic E-state index is 0.262. The molecule has 27 heavy (non-hydrogen) atoms. The van der Waals surface area contributed by atoms with Crippen LogP contribution in [0.4, 0.5) is 5.69 Å². The van der Waals surface area contributed by atoms with Crippen LogP contribution in [-0.4, -0.2) is 10.9 Å². The van der Waals surface area contributed by atoms with Crippen LogP contribution in [0.3, 0.4) is 0 Å². The predicted octanol–water partition coefficient (Wildman–Crippen LogP) is 6.71. The number of fused-ring (bicyclic) bond motifs is 1. The number of benzene rings is 3. The summed E-state index contributed by atoms with van der Waals surface area (Å²) in [5.41, 5.74) is 2.79. The molecule has 0 bridgehead atoms. The lowest BCUT2D eigenvalue weighted by Gasteiger charge is -2.06. The number of hydrogen-bond acceptors (Lipinski definition) is 3. The molecule has 0 fully saturated rings. The Morgan fingerprint density at radius 2 is 1.74 bits per heavy atom. The Balaban J connectivity index is 1.65. The highest BCUT2D eigenvalue weighted by Crippen LogP contribution is 2.32. The van der Waals surface area contributed by atoms with Crippen LogP contribution in [0.2, 0.25) is 15.1 Å². The van der Waals surface area contributed by atoms with Crippen molar-refractivity contribution in [1.29, 1.82) is 0 Å². The zero-order valence-electron chi connectivity index (χ0n) is 13.7. The molecule has 1 N–H and O–H groups in total. The summed E-state index contributed by atoms with van der Waals surface area (Å²) in [7, 11) is 0. The van der Waals surface area contributed by atoms with E-state index in [1.165, 1.54) is 0 Å². The van der Waals surface area contributed by atoms with Gasteiger partial charge in [-0.05, 0) is 48.5 Å². The highest BCUT2D eigenvalue weighted by molar-refractivity contribution is 6.38. The number of halogens is 3. The van der Waals surface area contributed by atoms with Gasteiger partial charge in [0.05, 0.1) is 5.02 Å². The number of rotatable bonds is 3. The van der Waals surface area contributed by atoms with Crippen LogP contribution in [0, 0.1) is 0 Å². The largest absolute Gasteiger partial charge is 0.435 e. The molecule has 4 nitrogen and oxygen atoms in total. The second kappa shape index (κ2) is 7.24. The lowest BCUT2D eigenvalue weighted by atomic mass is 10.1. The first-order valence-corrected chi connectivity index (χ1v) is 9.06. The topological polar surface area (TPSA) is 55.1 Å². The highest BCUT2D eigenvalue weighted by atomic mass is 35.5. The van der Waals surface area contributed by atoms with Crippen molar-refractivity contribution in [2.24, 2.45) is 0 Å². The van der Waals surface area contributed by atoms with Crippen molar-refractivity contribution in [3.63, 3.8) is 0 Å². The zero-order valence-corrected chi connectivity index (χ0v) is 15.9. The van der Waals surface area contributed by atoms with Crippen LogP contribution in [-0.2, 0) is 0 Å². The fourth-order valence-electron chi connectivity index (χ4n) is 2.65. The van der Waals surface area contributed by atoms with Gasteiger partial charge in [0, 0.05) is 26.9 Å².